The van der Waals surface area contributed by atoms with E-state index in [1.54, 1.807) is 0 Å². The molecular formula is C35H46N2O4. The Morgan fingerprint density at radius 1 is 0.780 bits per heavy atom. The highest BCUT2D eigenvalue weighted by molar-refractivity contribution is 5.81. The van der Waals surface area contributed by atoms with Crippen LogP contribution < -0.4 is 0 Å². The number of esters is 2. The van der Waals surface area contributed by atoms with E-state index in [2.05, 4.69) is 16.7 Å². The third-order valence-electron chi connectivity index (χ3n) is 11.2. The number of hydrogen-bond donors (Lipinski definition) is 0. The van der Waals surface area contributed by atoms with Crippen LogP contribution in [0.1, 0.15) is 76.3 Å². The average Bonchev–Trinajstić information content (AvgIpc) is 3.76. The van der Waals surface area contributed by atoms with Crippen molar-refractivity contribution < 1.29 is 19.1 Å². The average molecular weight is 559 g/mol. The maximum Gasteiger partial charge on any atom is 0.326 e. The summed E-state index contributed by atoms with van der Waals surface area (Å²) in [5, 5.41) is 0. The molecule has 2 aromatic rings. The maximum absolute atomic E-state index is 13.9. The third-order valence-corrected chi connectivity index (χ3v) is 11.2. The topological polar surface area (TPSA) is 59.1 Å². The molecule has 0 N–H and O–H groups in total. The smallest absolute Gasteiger partial charge is 0.326 e. The Hall–Kier alpha value is -2.70. The summed E-state index contributed by atoms with van der Waals surface area (Å²) in [7, 11) is 0. The van der Waals surface area contributed by atoms with Crippen molar-refractivity contribution in [3.63, 3.8) is 0 Å². The minimum Gasteiger partial charge on any atom is -0.460 e. The molecule has 2 aliphatic carbocycles. The van der Waals surface area contributed by atoms with E-state index >= 15 is 0 Å². The lowest BCUT2D eigenvalue weighted by atomic mass is 9.52. The zero-order chi connectivity index (χ0) is 28.5. The number of likely N-dealkylation sites (tertiary alicyclic amines) is 2. The summed E-state index contributed by atoms with van der Waals surface area (Å²) in [6, 6.07) is 19.6. The first kappa shape index (κ1) is 28.4. The van der Waals surface area contributed by atoms with Gasteiger partial charge in [-0.1, -0.05) is 60.7 Å². The molecule has 6 heteroatoms. The van der Waals surface area contributed by atoms with Crippen LogP contribution in [0.15, 0.2) is 60.7 Å². The Kier molecular flexibility index (Phi) is 7.99. The van der Waals surface area contributed by atoms with E-state index in [0.29, 0.717) is 24.5 Å². The first-order valence-corrected chi connectivity index (χ1v) is 15.7. The first-order chi connectivity index (χ1) is 19.8. The van der Waals surface area contributed by atoms with E-state index in [-0.39, 0.29) is 23.4 Å². The predicted octanol–water partition coefficient (Wildman–Crippen LogP) is 5.99. The Bertz CT molecular complexity index is 1190. The van der Waals surface area contributed by atoms with Gasteiger partial charge in [-0.2, -0.15) is 0 Å². The molecule has 41 heavy (non-hydrogen) atoms. The molecule has 220 valence electrons. The van der Waals surface area contributed by atoms with Crippen molar-refractivity contribution in [3.05, 3.63) is 71.8 Å². The Balaban J connectivity index is 1.05. The molecule has 0 aromatic heterocycles. The summed E-state index contributed by atoms with van der Waals surface area (Å²) in [6.07, 6.45) is 9.39. The molecule has 2 spiro atoms. The molecule has 2 aromatic carbocycles. The Morgan fingerprint density at radius 3 is 1.83 bits per heavy atom. The number of piperidine rings is 2. The van der Waals surface area contributed by atoms with Crippen LogP contribution in [-0.4, -0.2) is 59.5 Å². The number of benzene rings is 2. The van der Waals surface area contributed by atoms with Crippen LogP contribution in [0.4, 0.5) is 0 Å². The lowest BCUT2D eigenvalue weighted by Gasteiger charge is -2.59. The monoisotopic (exact) mass is 558 g/mol. The molecule has 6 nitrogen and oxygen atoms in total. The van der Waals surface area contributed by atoms with Crippen molar-refractivity contribution >= 4 is 11.9 Å². The molecule has 0 amide bonds. The summed E-state index contributed by atoms with van der Waals surface area (Å²) < 4.78 is 11.7. The van der Waals surface area contributed by atoms with Gasteiger partial charge < -0.3 is 9.47 Å². The lowest BCUT2D eigenvalue weighted by Crippen LogP contribution is -2.65. The Morgan fingerprint density at radius 2 is 1.29 bits per heavy atom. The van der Waals surface area contributed by atoms with Crippen LogP contribution in [0.5, 0.6) is 0 Å². The summed E-state index contributed by atoms with van der Waals surface area (Å²) in [5.41, 5.74) is 2.30. The highest BCUT2D eigenvalue weighted by atomic mass is 16.5. The highest BCUT2D eigenvalue weighted by Crippen LogP contribution is 2.59. The van der Waals surface area contributed by atoms with Crippen LogP contribution in [0, 0.1) is 16.7 Å². The molecule has 2 unspecified atom stereocenters. The van der Waals surface area contributed by atoms with Gasteiger partial charge in [-0.15, -0.1) is 0 Å². The SMILES string of the molecule is CC(C(=O)OCc1ccccc1)N1CCC2(CC1)CC(C(C)(C(=O)OCc1ccccc1)N1CCC3(CC1)CC3)C2. The minimum absolute atomic E-state index is 0.0554. The van der Waals surface area contributed by atoms with Crippen LogP contribution in [0.25, 0.3) is 0 Å². The number of ether oxygens (including phenoxy) is 2. The summed E-state index contributed by atoms with van der Waals surface area (Å²) >= 11 is 0. The van der Waals surface area contributed by atoms with E-state index in [9.17, 15) is 9.59 Å². The van der Waals surface area contributed by atoms with Crippen molar-refractivity contribution in [2.45, 2.75) is 90.0 Å². The number of hydrogen-bond acceptors (Lipinski definition) is 6. The van der Waals surface area contributed by atoms with E-state index in [1.807, 2.05) is 67.6 Å². The fourth-order valence-corrected chi connectivity index (χ4v) is 7.72. The largest absolute Gasteiger partial charge is 0.460 e. The van der Waals surface area contributed by atoms with Gasteiger partial charge in [0.25, 0.3) is 0 Å². The second-order valence-corrected chi connectivity index (χ2v) is 13.6. The fourth-order valence-electron chi connectivity index (χ4n) is 7.72. The quantitative estimate of drug-likeness (QED) is 0.353. The maximum atomic E-state index is 13.9. The van der Waals surface area contributed by atoms with Crippen molar-refractivity contribution in [1.29, 1.82) is 0 Å². The molecule has 2 heterocycles. The van der Waals surface area contributed by atoms with Gasteiger partial charge in [0.15, 0.2) is 0 Å². The molecule has 2 atom stereocenters. The molecule has 4 aliphatic rings. The molecule has 0 bridgehead atoms. The van der Waals surface area contributed by atoms with Gasteiger partial charge in [0.05, 0.1) is 0 Å². The molecule has 0 radical (unpaired) electrons. The highest BCUT2D eigenvalue weighted by Gasteiger charge is 2.59. The number of rotatable bonds is 9. The van der Waals surface area contributed by atoms with Gasteiger partial charge in [-0.3, -0.25) is 19.4 Å². The first-order valence-electron chi connectivity index (χ1n) is 15.7. The summed E-state index contributed by atoms with van der Waals surface area (Å²) in [6.45, 7) is 8.58. The molecular weight excluding hydrogens is 512 g/mol. The van der Waals surface area contributed by atoms with Crippen molar-refractivity contribution in [2.24, 2.45) is 16.7 Å². The Labute approximate surface area is 245 Å². The molecule has 2 saturated heterocycles. The van der Waals surface area contributed by atoms with Crippen molar-refractivity contribution in [3.8, 4) is 0 Å². The zero-order valence-electron chi connectivity index (χ0n) is 24.9. The van der Waals surface area contributed by atoms with Gasteiger partial charge in [0.2, 0.25) is 0 Å². The number of carbonyl (C=O) groups excluding carboxylic acids is 2. The number of carbonyl (C=O) groups is 2. The van der Waals surface area contributed by atoms with E-state index in [4.69, 9.17) is 9.47 Å². The summed E-state index contributed by atoms with van der Waals surface area (Å²) in [5.74, 6) is 0.0996. The molecule has 4 fully saturated rings. The van der Waals surface area contributed by atoms with E-state index in [0.717, 1.165) is 63.0 Å². The third kappa shape index (κ3) is 5.96. The van der Waals surface area contributed by atoms with Gasteiger partial charge in [0, 0.05) is 0 Å². The molecule has 6 rings (SSSR count). The van der Waals surface area contributed by atoms with E-state index < -0.39 is 5.54 Å². The zero-order valence-corrected chi connectivity index (χ0v) is 24.9. The standard InChI is InChI=1S/C35H46N2O4/c1-27(31(38)40-25-28-9-5-3-6-10-28)36-19-15-35(16-20-36)23-30(24-35)33(2,37-21-17-34(13-14-34)18-22-37)32(39)41-26-29-11-7-4-8-12-29/h3-12,27,30H,13-26H2,1-2H3. The molecule has 2 saturated carbocycles. The number of nitrogens with zero attached hydrogens (tertiary/aromatic N) is 2. The van der Waals surface area contributed by atoms with Gasteiger partial charge in [0.1, 0.15) is 24.8 Å². The second kappa shape index (κ2) is 11.5. The van der Waals surface area contributed by atoms with Crippen LogP contribution >= 0.6 is 0 Å². The van der Waals surface area contributed by atoms with Crippen LogP contribution in [-0.2, 0) is 32.3 Å². The van der Waals surface area contributed by atoms with Gasteiger partial charge in [-0.25, -0.2) is 0 Å². The summed E-state index contributed by atoms with van der Waals surface area (Å²) in [4.78, 5) is 31.4. The minimum atomic E-state index is -0.581. The van der Waals surface area contributed by atoms with Crippen LogP contribution in [0.3, 0.4) is 0 Å². The second-order valence-electron chi connectivity index (χ2n) is 13.6. The molecule has 2 aliphatic heterocycles. The van der Waals surface area contributed by atoms with Gasteiger partial charge >= 0.3 is 11.9 Å². The van der Waals surface area contributed by atoms with Gasteiger partial charge in [-0.05, 0) is 119 Å². The fraction of sp³-hybridized carbons (Fsp3) is 0.600. The predicted molar refractivity (Wildman–Crippen MR) is 159 cm³/mol. The van der Waals surface area contributed by atoms with Crippen molar-refractivity contribution in [2.75, 3.05) is 26.2 Å². The lowest BCUT2D eigenvalue weighted by molar-refractivity contribution is -0.176. The van der Waals surface area contributed by atoms with E-state index in [1.165, 1.54) is 25.7 Å². The van der Waals surface area contributed by atoms with Crippen LogP contribution in [0.2, 0.25) is 0 Å². The van der Waals surface area contributed by atoms with Crippen molar-refractivity contribution in [1.82, 2.24) is 9.80 Å². The normalized spacial score (nSPS) is 24.2.